The van der Waals surface area contributed by atoms with Gasteiger partial charge in [0.05, 0.1) is 38.4 Å². The van der Waals surface area contributed by atoms with E-state index in [4.69, 9.17) is 11.6 Å². The number of alkyl halides is 6. The van der Waals surface area contributed by atoms with E-state index in [0.29, 0.717) is 45.2 Å². The van der Waals surface area contributed by atoms with Crippen molar-refractivity contribution in [1.29, 1.82) is 0 Å². The van der Waals surface area contributed by atoms with E-state index in [1.165, 1.54) is 64.0 Å². The van der Waals surface area contributed by atoms with E-state index >= 15 is 19.2 Å². The predicted molar refractivity (Wildman–Crippen MR) is 385 cm³/mol. The van der Waals surface area contributed by atoms with E-state index in [-0.39, 0.29) is 69.6 Å². The van der Waals surface area contributed by atoms with Gasteiger partial charge in [-0.1, -0.05) is 92.9 Å². The molecule has 32 heteroatoms. The maximum absolute atomic E-state index is 15.6. The van der Waals surface area contributed by atoms with Crippen LogP contribution >= 0.6 is 11.6 Å². The monoisotopic (exact) mass is 1530 g/mol. The highest BCUT2D eigenvalue weighted by molar-refractivity contribution is 6.21. The predicted octanol–water partition coefficient (Wildman–Crippen LogP) is 5.70. The van der Waals surface area contributed by atoms with Crippen molar-refractivity contribution in [3.8, 4) is 0 Å². The summed E-state index contributed by atoms with van der Waals surface area (Å²) in [5.74, 6) is -17.1. The van der Waals surface area contributed by atoms with Gasteiger partial charge < -0.3 is 65.4 Å². The molecule has 3 heterocycles. The summed E-state index contributed by atoms with van der Waals surface area (Å²) in [4.78, 5) is 204. The van der Waals surface area contributed by atoms with Gasteiger partial charge in [-0.05, 0) is 107 Å². The van der Waals surface area contributed by atoms with Gasteiger partial charge in [0.2, 0.25) is 76.8 Å². The normalized spacial score (nSPS) is 28.8. The number of nitrogens with zero attached hydrogens (tertiary/aromatic N) is 9. The minimum absolute atomic E-state index is 0.00934. The van der Waals surface area contributed by atoms with Gasteiger partial charge in [0.25, 0.3) is 5.92 Å². The lowest BCUT2D eigenvalue weighted by Crippen LogP contribution is -2.65. The van der Waals surface area contributed by atoms with Crippen LogP contribution in [0, 0.1) is 35.5 Å². The van der Waals surface area contributed by atoms with E-state index in [1.54, 1.807) is 27.7 Å². The molecule has 0 bridgehead atoms. The molecule has 106 heavy (non-hydrogen) atoms. The summed E-state index contributed by atoms with van der Waals surface area (Å²) in [5, 5.41) is 9.90. The first-order valence-electron chi connectivity index (χ1n) is 38.3. The highest BCUT2D eigenvalue weighted by atomic mass is 35.5. The Morgan fingerprint density at radius 1 is 0.566 bits per heavy atom. The van der Waals surface area contributed by atoms with Crippen molar-refractivity contribution in [2.24, 2.45) is 35.5 Å². The van der Waals surface area contributed by atoms with Gasteiger partial charge in [0.15, 0.2) is 0 Å². The minimum Gasteiger partial charge on any atom is -0.343 e. The van der Waals surface area contributed by atoms with Crippen molar-refractivity contribution >= 4 is 88.4 Å². The summed E-state index contributed by atoms with van der Waals surface area (Å²) in [6.45, 7) is 8.40. The third-order valence-corrected chi connectivity index (χ3v) is 23.5. The Bertz CT molecular complexity index is 3100. The smallest absolute Gasteiger partial charge is 0.343 e. The second-order valence-electron chi connectivity index (χ2n) is 31.9. The van der Waals surface area contributed by atoms with Crippen molar-refractivity contribution in [3.63, 3.8) is 0 Å². The van der Waals surface area contributed by atoms with Crippen LogP contribution in [0.25, 0.3) is 0 Å². The molecule has 3 saturated heterocycles. The fourth-order valence-electron chi connectivity index (χ4n) is 16.0. The van der Waals surface area contributed by atoms with Crippen molar-refractivity contribution in [1.82, 2.24) is 65.4 Å². The summed E-state index contributed by atoms with van der Waals surface area (Å²) in [5.41, 5.74) is -1.84. The Morgan fingerprint density at radius 2 is 1.15 bits per heavy atom. The molecule has 1 spiro atoms. The van der Waals surface area contributed by atoms with Gasteiger partial charge in [-0.3, -0.25) is 62.3 Å². The Morgan fingerprint density at radius 3 is 1.73 bits per heavy atom. The van der Waals surface area contributed by atoms with E-state index in [0.717, 1.165) is 67.9 Å². The molecule has 3 aliphatic heterocycles. The lowest BCUT2D eigenvalue weighted by atomic mass is 9.78. The van der Waals surface area contributed by atoms with E-state index in [2.05, 4.69) is 21.3 Å². The fraction of sp³-hybridized carbons (Fsp3) is 0.824. The molecule has 6 aliphatic rings. The van der Waals surface area contributed by atoms with Crippen LogP contribution in [0.3, 0.4) is 0 Å². The number of rotatable bonds is 13. The lowest BCUT2D eigenvalue weighted by Gasteiger charge is -2.40. The number of hydrogen-bond acceptors (Lipinski definition) is 13. The highest BCUT2D eigenvalue weighted by Gasteiger charge is 2.51. The molecule has 3 aliphatic carbocycles. The Kier molecular flexibility index (Phi) is 32.3. The molecule has 13 amide bonds. The number of carbonyl (C=O) groups excluding carboxylic acids is 13. The zero-order chi connectivity index (χ0) is 79.0. The van der Waals surface area contributed by atoms with Crippen molar-refractivity contribution in [3.05, 3.63) is 0 Å². The third-order valence-electron chi connectivity index (χ3n) is 23.0. The van der Waals surface area contributed by atoms with Crippen molar-refractivity contribution in [2.45, 2.75) is 261 Å². The van der Waals surface area contributed by atoms with Gasteiger partial charge in [-0.15, -0.1) is 11.6 Å². The van der Waals surface area contributed by atoms with Gasteiger partial charge >= 0.3 is 6.18 Å². The van der Waals surface area contributed by atoms with Crippen LogP contribution in [0.5, 0.6) is 0 Å². The second kappa shape index (κ2) is 38.9. The van der Waals surface area contributed by atoms with Crippen LogP contribution in [0.1, 0.15) is 196 Å². The number of likely N-dealkylation sites (tertiary alicyclic amines) is 2. The molecule has 0 aromatic carbocycles. The highest BCUT2D eigenvalue weighted by Crippen LogP contribution is 2.44. The largest absolute Gasteiger partial charge is 0.393 e. The SMILES string of the molecule is CC[C@H](C)[C@@H]1NC(=O)[C@H](CC(C)C)N(C)C(=O)C[C@@H](C(=O)N2CCCCC2)NC(=O)[C@H](C(C)C)N(C)C(=O)C2(CCCC2)NC(=O)[C@H](CC(=O)N2CCC(F)(F)CC2)N(C)C(=O)[C@H](CCC2CCC(C(F)(F)F)C(Cl)C2)NC(=O)CN(C)C(=O)[C@H](CC2CCCCC2)N(C)C(=O)CN(C)C(=O)CN(C)C1=O. The second-order valence-corrected chi connectivity index (χ2v) is 32.5. The lowest BCUT2D eigenvalue weighted by molar-refractivity contribution is -0.182. The molecule has 0 aromatic rings. The van der Waals surface area contributed by atoms with Crippen LogP contribution in [0.2, 0.25) is 0 Å². The topological polar surface area (TPSA) is 299 Å². The fourth-order valence-corrected chi connectivity index (χ4v) is 16.5. The average Bonchev–Trinajstić information content (AvgIpc) is 1.64. The molecule has 0 radical (unpaired) electrons. The summed E-state index contributed by atoms with van der Waals surface area (Å²) in [7, 11) is 9.32. The number of hydrogen-bond donors (Lipinski definition) is 4. The van der Waals surface area contributed by atoms with Crippen LogP contribution in [-0.4, -0.2) is 281 Å². The van der Waals surface area contributed by atoms with Crippen LogP contribution < -0.4 is 21.3 Å². The first kappa shape index (κ1) is 88.0. The number of piperidine rings is 2. The summed E-state index contributed by atoms with van der Waals surface area (Å²) in [6, 6.07) is -10.1. The third kappa shape index (κ3) is 23.5. The van der Waals surface area contributed by atoms with E-state index in [1.807, 2.05) is 13.8 Å². The molecule has 3 saturated carbocycles. The molecule has 11 atom stereocenters. The first-order chi connectivity index (χ1) is 49.6. The molecule has 3 unspecified atom stereocenters. The zero-order valence-corrected chi connectivity index (χ0v) is 65.4. The number of nitrogens with one attached hydrogen (secondary N) is 4. The standard InChI is InChI=1S/C74H119ClF5N13O13/c1-14-47(6)62-70(105)87(9)43-60(97)85(7)44-61(98)89(11)56(39-48-23-17-15-18-24-48)69(104)86(8)42-57(94)81-52(28-26-49-25-27-50(51(75)38-49)74(78,79)80)67(102)90(12)55(41-59(96)92-35-31-73(76,77)32-36-92)65(100)84-72(29-19-20-30-72)71(106)91(13)63(46(4)5)66(101)82-53(68(103)93-33-21-16-22-34-93)40-58(95)88(10)54(37-45(2)3)64(99)83-62/h45-56,62-63H,14-44H2,1-13H3,(H,81,94)(H,82,101)(H,83,99)(H,84,100)/t47-,49?,50?,51?,52-,53-,54-,55-,56-,62-,63-/m0/s1. The average molecular weight is 1530 g/mol. The number of likely N-dealkylation sites (N-methyl/N-ethyl adjacent to an activating group) is 7. The van der Waals surface area contributed by atoms with E-state index < -0.39 is 224 Å². The number of carbonyl (C=O) groups is 13. The molecular formula is C74H119ClF5N13O13. The zero-order valence-electron chi connectivity index (χ0n) is 64.6. The quantitative estimate of drug-likeness (QED) is 0.127. The van der Waals surface area contributed by atoms with Crippen molar-refractivity contribution in [2.75, 3.05) is 95.1 Å². The van der Waals surface area contributed by atoms with Gasteiger partial charge in [0, 0.05) is 93.7 Å². The first-order valence-corrected chi connectivity index (χ1v) is 38.7. The molecule has 26 nitrogen and oxygen atoms in total. The molecule has 6 fully saturated rings. The van der Waals surface area contributed by atoms with Crippen LogP contribution in [-0.2, 0) is 62.3 Å². The summed E-state index contributed by atoms with van der Waals surface area (Å²) < 4.78 is 71.6. The molecule has 600 valence electrons. The van der Waals surface area contributed by atoms with Crippen LogP contribution in [0.4, 0.5) is 22.0 Å². The Hall–Kier alpha value is -6.95. The van der Waals surface area contributed by atoms with Gasteiger partial charge in [-0.25, -0.2) is 8.78 Å². The van der Waals surface area contributed by atoms with Gasteiger partial charge in [-0.2, -0.15) is 13.2 Å². The number of amides is 13. The summed E-state index contributed by atoms with van der Waals surface area (Å²) >= 11 is 6.40. The van der Waals surface area contributed by atoms with Crippen molar-refractivity contribution < 1.29 is 84.3 Å². The maximum atomic E-state index is 15.6. The Balaban J connectivity index is 1.46. The van der Waals surface area contributed by atoms with E-state index in [9.17, 15) is 65.1 Å². The maximum Gasteiger partial charge on any atom is 0.393 e. The number of halogens is 6. The molecule has 6 rings (SSSR count). The molecule has 4 N–H and O–H groups in total. The molecular weight excluding hydrogens is 1410 g/mol. The molecule has 0 aromatic heterocycles. The van der Waals surface area contributed by atoms with Gasteiger partial charge in [0.1, 0.15) is 47.8 Å². The van der Waals surface area contributed by atoms with Crippen LogP contribution in [0.15, 0.2) is 0 Å². The Labute approximate surface area is 627 Å². The summed E-state index contributed by atoms with van der Waals surface area (Å²) in [6.07, 6.45) is -0.685. The minimum atomic E-state index is -4.59.